The molecule has 5 heteroatoms. The van der Waals surface area contributed by atoms with Crippen molar-refractivity contribution in [1.29, 1.82) is 0 Å². The fourth-order valence-electron chi connectivity index (χ4n) is 2.69. The zero-order valence-electron chi connectivity index (χ0n) is 14.6. The van der Waals surface area contributed by atoms with E-state index in [-0.39, 0.29) is 0 Å². The molecule has 22 heavy (non-hydrogen) atoms. The Balaban J connectivity index is 2.09. The highest BCUT2D eigenvalue weighted by Crippen LogP contribution is 2.28. The number of likely N-dealkylation sites (tertiary alicyclic amines) is 1. The Bertz CT molecular complexity index is 522. The molecule has 0 saturated carbocycles. The summed E-state index contributed by atoms with van der Waals surface area (Å²) in [6.07, 6.45) is 3.07. The third kappa shape index (κ3) is 4.36. The molecule has 2 heterocycles. The van der Waals surface area contributed by atoms with Crippen LogP contribution in [0.15, 0.2) is 23.3 Å². The van der Waals surface area contributed by atoms with Crippen molar-refractivity contribution in [2.24, 2.45) is 10.4 Å². The Morgan fingerprint density at radius 1 is 1.45 bits per heavy atom. The van der Waals surface area contributed by atoms with Crippen molar-refractivity contribution in [2.45, 2.75) is 33.7 Å². The van der Waals surface area contributed by atoms with Gasteiger partial charge in [-0.1, -0.05) is 13.8 Å². The van der Waals surface area contributed by atoms with E-state index in [2.05, 4.69) is 42.0 Å². The number of nitrogens with zero attached hydrogens (tertiary/aromatic N) is 4. The topological polar surface area (TPSA) is 43.8 Å². The van der Waals surface area contributed by atoms with Crippen molar-refractivity contribution >= 4 is 11.8 Å². The van der Waals surface area contributed by atoms with Crippen molar-refractivity contribution in [3.63, 3.8) is 0 Å². The molecule has 2 rings (SSSR count). The van der Waals surface area contributed by atoms with E-state index in [0.29, 0.717) is 12.0 Å². The number of anilines is 1. The van der Waals surface area contributed by atoms with Gasteiger partial charge in [0.1, 0.15) is 5.82 Å². The zero-order chi connectivity index (χ0) is 16.2. The molecule has 1 aliphatic heterocycles. The average Bonchev–Trinajstić information content (AvgIpc) is 2.84. The van der Waals surface area contributed by atoms with Gasteiger partial charge in [0.25, 0.3) is 0 Å². The normalized spacial score (nSPS) is 17.7. The molecule has 1 aliphatic rings. The van der Waals surface area contributed by atoms with Crippen LogP contribution in [0.3, 0.4) is 0 Å². The molecular formula is C17H29N5. The Labute approximate surface area is 134 Å². The Morgan fingerprint density at radius 3 is 2.82 bits per heavy atom. The van der Waals surface area contributed by atoms with Gasteiger partial charge < -0.3 is 15.1 Å². The summed E-state index contributed by atoms with van der Waals surface area (Å²) in [5.74, 6) is 2.00. The highest BCUT2D eigenvalue weighted by Gasteiger charge is 2.30. The summed E-state index contributed by atoms with van der Waals surface area (Å²) in [7, 11) is 4.01. The summed E-state index contributed by atoms with van der Waals surface area (Å²) in [5.41, 5.74) is 1.57. The molecule has 1 N–H and O–H groups in total. The van der Waals surface area contributed by atoms with E-state index in [1.807, 2.05) is 31.3 Å². The maximum atomic E-state index is 4.82. The fraction of sp³-hybridized carbons (Fsp3) is 0.647. The van der Waals surface area contributed by atoms with Gasteiger partial charge in [-0.15, -0.1) is 0 Å². The standard InChI is InChI=1S/C17H29N5/c1-6-18-16(22-10-8-17(2,3)13-22)20-12-14-7-9-19-15(11-14)21(4)5/h7,9,11H,6,8,10,12-13H2,1-5H3,(H,18,20). The van der Waals surface area contributed by atoms with E-state index in [1.54, 1.807) is 0 Å². The van der Waals surface area contributed by atoms with Crippen LogP contribution in [-0.2, 0) is 6.54 Å². The first-order chi connectivity index (χ1) is 10.4. The molecule has 0 unspecified atom stereocenters. The van der Waals surface area contributed by atoms with Gasteiger partial charge in [0.2, 0.25) is 0 Å². The van der Waals surface area contributed by atoms with Crippen LogP contribution in [0.25, 0.3) is 0 Å². The largest absolute Gasteiger partial charge is 0.363 e. The second-order valence-corrected chi connectivity index (χ2v) is 6.92. The molecule has 1 fully saturated rings. The third-order valence-electron chi connectivity index (χ3n) is 3.99. The molecule has 1 saturated heterocycles. The number of guanidine groups is 1. The molecular weight excluding hydrogens is 274 g/mol. The minimum Gasteiger partial charge on any atom is -0.363 e. The second kappa shape index (κ2) is 6.99. The molecule has 0 atom stereocenters. The number of rotatable bonds is 4. The maximum Gasteiger partial charge on any atom is 0.194 e. The van der Waals surface area contributed by atoms with Crippen molar-refractivity contribution in [1.82, 2.24) is 15.2 Å². The summed E-state index contributed by atoms with van der Waals surface area (Å²) >= 11 is 0. The van der Waals surface area contributed by atoms with Gasteiger partial charge in [0.05, 0.1) is 6.54 Å². The lowest BCUT2D eigenvalue weighted by Gasteiger charge is -2.23. The molecule has 0 amide bonds. The van der Waals surface area contributed by atoms with Crippen LogP contribution in [-0.4, -0.2) is 49.6 Å². The van der Waals surface area contributed by atoms with Gasteiger partial charge in [-0.2, -0.15) is 0 Å². The van der Waals surface area contributed by atoms with Crippen molar-refractivity contribution in [2.75, 3.05) is 38.6 Å². The van der Waals surface area contributed by atoms with Crippen LogP contribution in [0.5, 0.6) is 0 Å². The van der Waals surface area contributed by atoms with Crippen LogP contribution >= 0.6 is 0 Å². The second-order valence-electron chi connectivity index (χ2n) is 6.92. The number of hydrogen-bond acceptors (Lipinski definition) is 3. The molecule has 0 spiro atoms. The fourth-order valence-corrected chi connectivity index (χ4v) is 2.69. The van der Waals surface area contributed by atoms with E-state index in [0.717, 1.165) is 31.4 Å². The minimum absolute atomic E-state index is 0.380. The van der Waals surface area contributed by atoms with E-state index in [9.17, 15) is 0 Å². The number of nitrogens with one attached hydrogen (secondary N) is 1. The maximum absolute atomic E-state index is 4.82. The van der Waals surface area contributed by atoms with Crippen molar-refractivity contribution in [3.8, 4) is 0 Å². The van der Waals surface area contributed by atoms with Gasteiger partial charge in [-0.3, -0.25) is 0 Å². The Hall–Kier alpha value is -1.78. The summed E-state index contributed by atoms with van der Waals surface area (Å²) in [6.45, 7) is 10.5. The molecule has 122 valence electrons. The lowest BCUT2D eigenvalue weighted by atomic mass is 9.93. The Morgan fingerprint density at radius 2 is 2.23 bits per heavy atom. The van der Waals surface area contributed by atoms with Gasteiger partial charge in [0, 0.05) is 39.9 Å². The molecule has 1 aromatic heterocycles. The van der Waals surface area contributed by atoms with Crippen LogP contribution in [0, 0.1) is 5.41 Å². The van der Waals surface area contributed by atoms with Crippen molar-refractivity contribution in [3.05, 3.63) is 23.9 Å². The lowest BCUT2D eigenvalue weighted by Crippen LogP contribution is -2.40. The van der Waals surface area contributed by atoms with Gasteiger partial charge >= 0.3 is 0 Å². The quantitative estimate of drug-likeness (QED) is 0.685. The van der Waals surface area contributed by atoms with Gasteiger partial charge in [-0.25, -0.2) is 9.98 Å². The van der Waals surface area contributed by atoms with Crippen LogP contribution in [0.1, 0.15) is 32.8 Å². The summed E-state index contributed by atoms with van der Waals surface area (Å²) in [4.78, 5) is 13.6. The van der Waals surface area contributed by atoms with Gasteiger partial charge in [-0.05, 0) is 36.5 Å². The lowest BCUT2D eigenvalue weighted by molar-refractivity contribution is 0.370. The molecule has 5 nitrogen and oxygen atoms in total. The Kier molecular flexibility index (Phi) is 5.27. The predicted octanol–water partition coefficient (Wildman–Crippen LogP) is 2.34. The van der Waals surface area contributed by atoms with Crippen LogP contribution in [0.4, 0.5) is 5.82 Å². The summed E-state index contributed by atoms with van der Waals surface area (Å²) in [5, 5.41) is 3.42. The van der Waals surface area contributed by atoms with E-state index >= 15 is 0 Å². The minimum atomic E-state index is 0.380. The SMILES string of the molecule is CCNC(=NCc1ccnc(N(C)C)c1)N1CCC(C)(C)C1. The van der Waals surface area contributed by atoms with E-state index < -0.39 is 0 Å². The number of aliphatic imine (C=N–C) groups is 1. The molecule has 0 aromatic carbocycles. The summed E-state index contributed by atoms with van der Waals surface area (Å²) < 4.78 is 0. The zero-order valence-corrected chi connectivity index (χ0v) is 14.6. The molecule has 1 aromatic rings. The number of pyridine rings is 1. The average molecular weight is 303 g/mol. The van der Waals surface area contributed by atoms with E-state index in [1.165, 1.54) is 12.0 Å². The van der Waals surface area contributed by atoms with E-state index in [4.69, 9.17) is 4.99 Å². The summed E-state index contributed by atoms with van der Waals surface area (Å²) in [6, 6.07) is 4.13. The van der Waals surface area contributed by atoms with Gasteiger partial charge in [0.15, 0.2) is 5.96 Å². The predicted molar refractivity (Wildman–Crippen MR) is 93.4 cm³/mol. The van der Waals surface area contributed by atoms with Crippen LogP contribution < -0.4 is 10.2 Å². The van der Waals surface area contributed by atoms with Crippen molar-refractivity contribution < 1.29 is 0 Å². The first-order valence-electron chi connectivity index (χ1n) is 8.07. The first-order valence-corrected chi connectivity index (χ1v) is 8.07. The smallest absolute Gasteiger partial charge is 0.194 e. The highest BCUT2D eigenvalue weighted by molar-refractivity contribution is 5.80. The molecule has 0 radical (unpaired) electrons. The highest BCUT2D eigenvalue weighted by atomic mass is 15.3. The molecule has 0 bridgehead atoms. The first kappa shape index (κ1) is 16.6. The molecule has 0 aliphatic carbocycles. The number of hydrogen-bond donors (Lipinski definition) is 1. The number of aromatic nitrogens is 1. The monoisotopic (exact) mass is 303 g/mol. The third-order valence-corrected chi connectivity index (χ3v) is 3.99. The van der Waals surface area contributed by atoms with Crippen LogP contribution in [0.2, 0.25) is 0 Å².